The van der Waals surface area contributed by atoms with Crippen LogP contribution in [0, 0.1) is 0 Å². The Hall–Kier alpha value is -0.570. The van der Waals surface area contributed by atoms with Crippen LogP contribution in [0.2, 0.25) is 0 Å². The number of likely N-dealkylation sites (N-methyl/N-ethyl adjacent to an activating group) is 1. The first kappa shape index (κ1) is 14.4. The number of hydrogen-bond acceptors (Lipinski definition) is 2. The van der Waals surface area contributed by atoms with Crippen LogP contribution in [0.4, 0.5) is 0 Å². The first-order valence-electron chi connectivity index (χ1n) is 7.79. The minimum atomic E-state index is 0.204. The molecule has 1 saturated carbocycles. The third-order valence-corrected chi connectivity index (χ3v) is 5.27. The molecule has 0 bridgehead atoms. The van der Waals surface area contributed by atoms with E-state index in [0.717, 1.165) is 26.0 Å². The van der Waals surface area contributed by atoms with Crippen LogP contribution in [0.5, 0.6) is 0 Å². The molecule has 1 aromatic carbocycles. The molecule has 0 radical (unpaired) electrons. The molecule has 1 fully saturated rings. The molecule has 2 nitrogen and oxygen atoms in total. The van der Waals surface area contributed by atoms with E-state index in [0.29, 0.717) is 11.4 Å². The highest BCUT2D eigenvalue weighted by Crippen LogP contribution is 2.31. The Morgan fingerprint density at radius 1 is 1.25 bits per heavy atom. The van der Waals surface area contributed by atoms with Gasteiger partial charge in [-0.1, -0.05) is 37.1 Å². The molecule has 3 heteroatoms. The number of ether oxygens (including phenoxy) is 1. The molecular weight excluding hydrogens is 270 g/mol. The van der Waals surface area contributed by atoms with Crippen molar-refractivity contribution < 1.29 is 4.74 Å². The van der Waals surface area contributed by atoms with Gasteiger partial charge in [-0.25, -0.2) is 0 Å². The van der Waals surface area contributed by atoms with E-state index < -0.39 is 0 Å². The van der Waals surface area contributed by atoms with Gasteiger partial charge in [0.15, 0.2) is 0 Å². The van der Waals surface area contributed by atoms with Gasteiger partial charge in [-0.3, -0.25) is 4.90 Å². The monoisotopic (exact) mass is 293 g/mol. The predicted molar refractivity (Wildman–Crippen MR) is 83.4 cm³/mol. The van der Waals surface area contributed by atoms with Gasteiger partial charge in [0, 0.05) is 18.0 Å². The standard InChI is InChI=1S/C17H24ClNO/c1-19(16-9-5-4-8-15(16)18)12-17-14-7-3-2-6-13(14)10-11-20-17/h2-3,6-7,15-17H,4-5,8-12H2,1H3. The number of alkyl halides is 1. The summed E-state index contributed by atoms with van der Waals surface area (Å²) in [6.07, 6.45) is 6.20. The molecule has 1 aliphatic carbocycles. The summed E-state index contributed by atoms with van der Waals surface area (Å²) >= 11 is 6.51. The highest BCUT2D eigenvalue weighted by atomic mass is 35.5. The minimum Gasteiger partial charge on any atom is -0.372 e. The lowest BCUT2D eigenvalue weighted by molar-refractivity contribution is 0.00965. The molecule has 1 aromatic rings. The zero-order valence-corrected chi connectivity index (χ0v) is 13.0. The molecular formula is C17H24ClNO. The Balaban J connectivity index is 1.69. The lowest BCUT2D eigenvalue weighted by Crippen LogP contribution is -2.43. The Labute approximate surface area is 127 Å². The topological polar surface area (TPSA) is 12.5 Å². The maximum atomic E-state index is 6.51. The van der Waals surface area contributed by atoms with E-state index in [-0.39, 0.29) is 6.10 Å². The highest BCUT2D eigenvalue weighted by Gasteiger charge is 2.29. The van der Waals surface area contributed by atoms with Crippen molar-refractivity contribution in [3.05, 3.63) is 35.4 Å². The first-order chi connectivity index (χ1) is 9.75. The van der Waals surface area contributed by atoms with Gasteiger partial charge in [0.25, 0.3) is 0 Å². The Kier molecular flexibility index (Phi) is 4.65. The van der Waals surface area contributed by atoms with Crippen LogP contribution < -0.4 is 0 Å². The van der Waals surface area contributed by atoms with Crippen molar-refractivity contribution in [3.63, 3.8) is 0 Å². The fourth-order valence-corrected chi connectivity index (χ4v) is 4.06. The van der Waals surface area contributed by atoms with Gasteiger partial charge in [-0.05, 0) is 37.4 Å². The number of benzene rings is 1. The first-order valence-corrected chi connectivity index (χ1v) is 8.23. The van der Waals surface area contributed by atoms with Crippen molar-refractivity contribution in [2.45, 2.75) is 49.6 Å². The van der Waals surface area contributed by atoms with Crippen molar-refractivity contribution in [3.8, 4) is 0 Å². The number of halogens is 1. The normalized spacial score (nSPS) is 30.2. The molecule has 3 unspecified atom stereocenters. The number of nitrogens with zero attached hydrogens (tertiary/aromatic N) is 1. The average Bonchev–Trinajstić information content (AvgIpc) is 2.48. The number of fused-ring (bicyclic) bond motifs is 1. The quantitative estimate of drug-likeness (QED) is 0.786. The second-order valence-electron chi connectivity index (χ2n) is 6.12. The van der Waals surface area contributed by atoms with Crippen LogP contribution in [0.1, 0.15) is 42.9 Å². The summed E-state index contributed by atoms with van der Waals surface area (Å²) in [7, 11) is 2.20. The van der Waals surface area contributed by atoms with Crippen molar-refractivity contribution in [2.75, 3.05) is 20.2 Å². The van der Waals surface area contributed by atoms with Gasteiger partial charge >= 0.3 is 0 Å². The molecule has 0 amide bonds. The molecule has 1 aliphatic heterocycles. The Morgan fingerprint density at radius 2 is 2.05 bits per heavy atom. The predicted octanol–water partition coefficient (Wildman–Crippen LogP) is 3.78. The third kappa shape index (κ3) is 3.03. The van der Waals surface area contributed by atoms with Crippen molar-refractivity contribution in [2.24, 2.45) is 0 Å². The van der Waals surface area contributed by atoms with Gasteiger partial charge in [0.1, 0.15) is 0 Å². The zero-order chi connectivity index (χ0) is 13.9. The smallest absolute Gasteiger partial charge is 0.0954 e. The fraction of sp³-hybridized carbons (Fsp3) is 0.647. The maximum Gasteiger partial charge on any atom is 0.0954 e. The molecule has 0 saturated heterocycles. The minimum absolute atomic E-state index is 0.204. The van der Waals surface area contributed by atoms with Crippen molar-refractivity contribution in [1.29, 1.82) is 0 Å². The van der Waals surface area contributed by atoms with Gasteiger partial charge in [-0.15, -0.1) is 11.6 Å². The summed E-state index contributed by atoms with van der Waals surface area (Å²) in [6.45, 7) is 1.79. The number of rotatable bonds is 3. The van der Waals surface area contributed by atoms with Crippen molar-refractivity contribution >= 4 is 11.6 Å². The van der Waals surface area contributed by atoms with Crippen LogP contribution in [-0.4, -0.2) is 36.5 Å². The molecule has 3 rings (SSSR count). The van der Waals surface area contributed by atoms with Crippen LogP contribution in [0.25, 0.3) is 0 Å². The summed E-state index contributed by atoms with van der Waals surface area (Å²) in [5, 5.41) is 0.299. The van der Waals surface area contributed by atoms with E-state index in [4.69, 9.17) is 16.3 Å². The maximum absolute atomic E-state index is 6.51. The molecule has 20 heavy (non-hydrogen) atoms. The van der Waals surface area contributed by atoms with Crippen molar-refractivity contribution in [1.82, 2.24) is 4.90 Å². The molecule has 2 aliphatic rings. The van der Waals surface area contributed by atoms with Gasteiger partial charge in [0.2, 0.25) is 0 Å². The molecule has 0 aromatic heterocycles. The molecule has 1 heterocycles. The SMILES string of the molecule is CN(CC1OCCc2ccccc21)C1CCCCC1Cl. The molecule has 110 valence electrons. The summed E-state index contributed by atoms with van der Waals surface area (Å²) in [5.41, 5.74) is 2.82. The third-order valence-electron chi connectivity index (χ3n) is 4.76. The fourth-order valence-electron chi connectivity index (χ4n) is 3.59. The van der Waals surface area contributed by atoms with E-state index in [1.807, 2.05) is 0 Å². The van der Waals surface area contributed by atoms with E-state index in [2.05, 4.69) is 36.2 Å². The largest absolute Gasteiger partial charge is 0.372 e. The van der Waals surface area contributed by atoms with Gasteiger partial charge in [-0.2, -0.15) is 0 Å². The summed E-state index contributed by atoms with van der Waals surface area (Å²) in [5.74, 6) is 0. The van der Waals surface area contributed by atoms with Crippen LogP contribution in [-0.2, 0) is 11.2 Å². The Bertz CT molecular complexity index is 450. The van der Waals surface area contributed by atoms with E-state index in [9.17, 15) is 0 Å². The summed E-state index contributed by atoms with van der Waals surface area (Å²) in [4.78, 5) is 2.42. The zero-order valence-electron chi connectivity index (χ0n) is 12.2. The van der Waals surface area contributed by atoms with E-state index in [1.165, 1.54) is 30.4 Å². The van der Waals surface area contributed by atoms with Crippen LogP contribution >= 0.6 is 11.6 Å². The van der Waals surface area contributed by atoms with E-state index >= 15 is 0 Å². The second-order valence-corrected chi connectivity index (χ2v) is 6.68. The van der Waals surface area contributed by atoms with Crippen LogP contribution in [0.15, 0.2) is 24.3 Å². The summed E-state index contributed by atoms with van der Waals surface area (Å²) < 4.78 is 6.02. The van der Waals surface area contributed by atoms with E-state index in [1.54, 1.807) is 0 Å². The lowest BCUT2D eigenvalue weighted by Gasteiger charge is -2.38. The second kappa shape index (κ2) is 6.46. The number of hydrogen-bond donors (Lipinski definition) is 0. The summed E-state index contributed by atoms with van der Waals surface area (Å²) in [6, 6.07) is 9.19. The molecule has 0 spiro atoms. The van der Waals surface area contributed by atoms with Gasteiger partial charge < -0.3 is 4.74 Å². The Morgan fingerprint density at radius 3 is 2.90 bits per heavy atom. The lowest BCUT2D eigenvalue weighted by atomic mass is 9.92. The molecule has 3 atom stereocenters. The van der Waals surface area contributed by atoms with Crippen LogP contribution in [0.3, 0.4) is 0 Å². The van der Waals surface area contributed by atoms with Gasteiger partial charge in [0.05, 0.1) is 12.7 Å². The molecule has 0 N–H and O–H groups in total. The highest BCUT2D eigenvalue weighted by molar-refractivity contribution is 6.21. The average molecular weight is 294 g/mol.